The Balaban J connectivity index is 2.44. The highest BCUT2D eigenvalue weighted by Crippen LogP contribution is 2.18. The molecule has 0 saturated carbocycles. The lowest BCUT2D eigenvalue weighted by molar-refractivity contribution is -0.148. The average Bonchev–Trinajstić information content (AvgIpc) is 2.46. The van der Waals surface area contributed by atoms with Crippen molar-refractivity contribution in [1.29, 1.82) is 0 Å². The first-order valence-corrected chi connectivity index (χ1v) is 6.59. The summed E-state index contributed by atoms with van der Waals surface area (Å²) in [6.45, 7) is 3.90. The fraction of sp³-hybridized carbons (Fsp3) is 0.533. The molecule has 5 heteroatoms. The van der Waals surface area contributed by atoms with Crippen LogP contribution in [0.15, 0.2) is 18.2 Å². The number of likely N-dealkylation sites (N-methyl/N-ethyl adjacent to an activating group) is 1. The second kappa shape index (κ2) is 7.24. The Morgan fingerprint density at radius 2 is 2.15 bits per heavy atom. The summed E-state index contributed by atoms with van der Waals surface area (Å²) in [6.07, 6.45) is 1.23. The van der Waals surface area contributed by atoms with Gasteiger partial charge in [-0.1, -0.05) is 6.07 Å². The summed E-state index contributed by atoms with van der Waals surface area (Å²) in [6, 6.07) is 4.78. The molecular weight excluding hydrogens is 261 g/mol. The Morgan fingerprint density at radius 3 is 2.70 bits per heavy atom. The third-order valence-electron chi connectivity index (χ3n) is 3.42. The van der Waals surface area contributed by atoms with Gasteiger partial charge in [0.25, 0.3) is 0 Å². The summed E-state index contributed by atoms with van der Waals surface area (Å²) in [7, 11) is 3.08. The molecule has 4 nitrogen and oxygen atoms in total. The van der Waals surface area contributed by atoms with Gasteiger partial charge in [0.2, 0.25) is 0 Å². The SMILES string of the molecule is CNC(C)(CCCOc1ccc(C)c(F)c1)C(=O)OC. The Morgan fingerprint density at radius 1 is 1.45 bits per heavy atom. The summed E-state index contributed by atoms with van der Waals surface area (Å²) in [5.74, 6) is -0.0872. The number of methoxy groups -OCH3 is 1. The van der Waals surface area contributed by atoms with Crippen molar-refractivity contribution in [2.75, 3.05) is 20.8 Å². The fourth-order valence-electron chi connectivity index (χ4n) is 1.83. The lowest BCUT2D eigenvalue weighted by atomic mass is 9.96. The summed E-state index contributed by atoms with van der Waals surface area (Å²) < 4.78 is 23.6. The van der Waals surface area contributed by atoms with Crippen molar-refractivity contribution < 1.29 is 18.7 Å². The lowest BCUT2D eigenvalue weighted by Gasteiger charge is -2.25. The maximum atomic E-state index is 13.3. The number of benzene rings is 1. The zero-order valence-corrected chi connectivity index (χ0v) is 12.5. The monoisotopic (exact) mass is 283 g/mol. The molecule has 1 atom stereocenters. The molecule has 0 saturated heterocycles. The van der Waals surface area contributed by atoms with E-state index in [0.717, 1.165) is 0 Å². The number of carbonyl (C=O) groups is 1. The van der Waals surface area contributed by atoms with E-state index < -0.39 is 5.54 Å². The Labute approximate surface area is 119 Å². The van der Waals surface area contributed by atoms with Crippen LogP contribution in [0.4, 0.5) is 4.39 Å². The van der Waals surface area contributed by atoms with Gasteiger partial charge in [0.15, 0.2) is 0 Å². The minimum atomic E-state index is -0.726. The highest BCUT2D eigenvalue weighted by molar-refractivity contribution is 5.80. The Kier molecular flexibility index (Phi) is 5.95. The van der Waals surface area contributed by atoms with Crippen LogP contribution in [0.5, 0.6) is 5.75 Å². The van der Waals surface area contributed by atoms with Crippen molar-refractivity contribution >= 4 is 5.97 Å². The number of esters is 1. The summed E-state index contributed by atoms with van der Waals surface area (Å²) in [5.41, 5.74) is -0.137. The van der Waals surface area contributed by atoms with Crippen LogP contribution >= 0.6 is 0 Å². The summed E-state index contributed by atoms with van der Waals surface area (Å²) in [5, 5.41) is 2.95. The number of nitrogens with one attached hydrogen (secondary N) is 1. The largest absolute Gasteiger partial charge is 0.493 e. The van der Waals surface area contributed by atoms with Crippen molar-refractivity contribution in [2.24, 2.45) is 0 Å². The van der Waals surface area contributed by atoms with E-state index in [9.17, 15) is 9.18 Å². The van der Waals surface area contributed by atoms with Gasteiger partial charge in [0.1, 0.15) is 17.1 Å². The van der Waals surface area contributed by atoms with Crippen molar-refractivity contribution in [3.63, 3.8) is 0 Å². The van der Waals surface area contributed by atoms with Gasteiger partial charge in [-0.3, -0.25) is 4.79 Å². The third kappa shape index (κ3) is 4.20. The number of aryl methyl sites for hydroxylation is 1. The molecule has 0 fully saturated rings. The molecule has 0 heterocycles. The standard InChI is InChI=1S/C15H22FNO3/c1-11-6-7-12(10-13(11)16)20-9-5-8-15(2,17-3)14(18)19-4/h6-7,10,17H,5,8-9H2,1-4H3. The van der Waals surface area contributed by atoms with Crippen molar-refractivity contribution in [1.82, 2.24) is 5.32 Å². The van der Waals surface area contributed by atoms with Crippen LogP contribution < -0.4 is 10.1 Å². The van der Waals surface area contributed by atoms with E-state index >= 15 is 0 Å². The quantitative estimate of drug-likeness (QED) is 0.617. The fourth-order valence-corrected chi connectivity index (χ4v) is 1.83. The molecule has 0 aliphatic carbocycles. The molecule has 0 radical (unpaired) electrons. The number of hydrogen-bond acceptors (Lipinski definition) is 4. The van der Waals surface area contributed by atoms with E-state index in [1.807, 2.05) is 0 Å². The van der Waals surface area contributed by atoms with Gasteiger partial charge in [-0.2, -0.15) is 0 Å². The van der Waals surface area contributed by atoms with Gasteiger partial charge < -0.3 is 14.8 Å². The zero-order chi connectivity index (χ0) is 15.2. The first kappa shape index (κ1) is 16.4. The first-order chi connectivity index (χ1) is 9.42. The molecule has 0 spiro atoms. The van der Waals surface area contributed by atoms with Crippen LogP contribution in [0.1, 0.15) is 25.3 Å². The van der Waals surface area contributed by atoms with Gasteiger partial charge in [-0.15, -0.1) is 0 Å². The maximum absolute atomic E-state index is 13.3. The lowest BCUT2D eigenvalue weighted by Crippen LogP contribution is -2.48. The molecule has 0 bridgehead atoms. The highest BCUT2D eigenvalue weighted by Gasteiger charge is 2.31. The molecule has 1 N–H and O–H groups in total. The Bertz CT molecular complexity index is 464. The van der Waals surface area contributed by atoms with Gasteiger partial charge in [-0.05, 0) is 45.4 Å². The van der Waals surface area contributed by atoms with Crippen LogP contribution in [0.2, 0.25) is 0 Å². The molecule has 0 aliphatic heterocycles. The second-order valence-electron chi connectivity index (χ2n) is 4.94. The normalized spacial score (nSPS) is 13.7. The topological polar surface area (TPSA) is 47.6 Å². The van der Waals surface area contributed by atoms with Gasteiger partial charge in [0, 0.05) is 6.07 Å². The first-order valence-electron chi connectivity index (χ1n) is 6.59. The van der Waals surface area contributed by atoms with Crippen LogP contribution in [0.3, 0.4) is 0 Å². The second-order valence-corrected chi connectivity index (χ2v) is 4.94. The number of ether oxygens (including phenoxy) is 2. The molecule has 0 aromatic heterocycles. The van der Waals surface area contributed by atoms with Gasteiger partial charge in [-0.25, -0.2) is 4.39 Å². The molecule has 1 unspecified atom stereocenters. The molecule has 1 aromatic rings. The summed E-state index contributed by atoms with van der Waals surface area (Å²) in [4.78, 5) is 11.6. The Hall–Kier alpha value is -1.62. The number of carbonyl (C=O) groups excluding carboxylic acids is 1. The van der Waals surface area contributed by atoms with Crippen LogP contribution in [-0.2, 0) is 9.53 Å². The van der Waals surface area contributed by atoms with Crippen molar-refractivity contribution in [3.8, 4) is 5.75 Å². The number of rotatable bonds is 7. The average molecular weight is 283 g/mol. The van der Waals surface area contributed by atoms with E-state index in [1.54, 1.807) is 33.0 Å². The minimum absolute atomic E-state index is 0.280. The van der Waals surface area contributed by atoms with E-state index in [2.05, 4.69) is 5.32 Å². The molecule has 1 rings (SSSR count). The molecule has 20 heavy (non-hydrogen) atoms. The van der Waals surface area contributed by atoms with Crippen molar-refractivity contribution in [3.05, 3.63) is 29.6 Å². The van der Waals surface area contributed by atoms with Crippen LogP contribution in [0, 0.1) is 12.7 Å². The van der Waals surface area contributed by atoms with Gasteiger partial charge in [0.05, 0.1) is 13.7 Å². The summed E-state index contributed by atoms with van der Waals surface area (Å²) >= 11 is 0. The van der Waals surface area contributed by atoms with Crippen LogP contribution in [0.25, 0.3) is 0 Å². The maximum Gasteiger partial charge on any atom is 0.325 e. The van der Waals surface area contributed by atoms with Gasteiger partial charge >= 0.3 is 5.97 Å². The van der Waals surface area contributed by atoms with E-state index in [1.165, 1.54) is 13.2 Å². The van der Waals surface area contributed by atoms with Crippen molar-refractivity contribution in [2.45, 2.75) is 32.2 Å². The minimum Gasteiger partial charge on any atom is -0.493 e. The van der Waals surface area contributed by atoms with E-state index in [-0.39, 0.29) is 11.8 Å². The molecule has 0 aliphatic rings. The van der Waals surface area contributed by atoms with Crippen LogP contribution in [-0.4, -0.2) is 32.3 Å². The smallest absolute Gasteiger partial charge is 0.325 e. The zero-order valence-electron chi connectivity index (χ0n) is 12.5. The van der Waals surface area contributed by atoms with E-state index in [0.29, 0.717) is 30.8 Å². The predicted octanol–water partition coefficient (Wildman–Crippen LogP) is 2.44. The van der Waals surface area contributed by atoms with E-state index in [4.69, 9.17) is 9.47 Å². The molecule has 0 amide bonds. The molecule has 112 valence electrons. The molecule has 1 aromatic carbocycles. The number of hydrogen-bond donors (Lipinski definition) is 1. The predicted molar refractivity (Wildman–Crippen MR) is 75.3 cm³/mol. The molecular formula is C15H22FNO3. The third-order valence-corrected chi connectivity index (χ3v) is 3.42. The number of halogens is 1. The highest BCUT2D eigenvalue weighted by atomic mass is 19.1.